The first-order valence-corrected chi connectivity index (χ1v) is 35.8. The van der Waals surface area contributed by atoms with Gasteiger partial charge >= 0.3 is 39.5 Å². The minimum atomic E-state index is -4.94. The van der Waals surface area contributed by atoms with Crippen LogP contribution in [0.25, 0.3) is 0 Å². The molecule has 0 radical (unpaired) electrons. The van der Waals surface area contributed by atoms with Gasteiger partial charge in [0.1, 0.15) is 19.3 Å². The average molecular weight is 1200 g/mol. The van der Waals surface area contributed by atoms with Crippen LogP contribution in [0.5, 0.6) is 0 Å². The summed E-state index contributed by atoms with van der Waals surface area (Å²) in [5, 5.41) is 10.5. The molecule has 0 spiro atoms. The van der Waals surface area contributed by atoms with E-state index in [1.807, 2.05) is 6.92 Å². The van der Waals surface area contributed by atoms with E-state index in [2.05, 4.69) is 20.8 Å². The highest BCUT2D eigenvalue weighted by atomic mass is 31.2. The summed E-state index contributed by atoms with van der Waals surface area (Å²) >= 11 is 0. The van der Waals surface area contributed by atoms with E-state index in [9.17, 15) is 43.2 Å². The van der Waals surface area contributed by atoms with E-state index in [4.69, 9.17) is 37.0 Å². The summed E-state index contributed by atoms with van der Waals surface area (Å²) in [6.07, 6.45) is 42.6. The lowest BCUT2D eigenvalue weighted by Crippen LogP contribution is -2.30. The van der Waals surface area contributed by atoms with Gasteiger partial charge in [-0.1, -0.05) is 265 Å². The van der Waals surface area contributed by atoms with Crippen LogP contribution in [0.15, 0.2) is 0 Å². The molecule has 81 heavy (non-hydrogen) atoms. The summed E-state index contributed by atoms with van der Waals surface area (Å²) in [4.78, 5) is 71.6. The average Bonchev–Trinajstić information content (AvgIpc) is 3.44. The van der Waals surface area contributed by atoms with Gasteiger partial charge in [-0.15, -0.1) is 0 Å². The van der Waals surface area contributed by atoms with Crippen molar-refractivity contribution in [2.45, 2.75) is 335 Å². The number of hydrogen-bond acceptors (Lipinski definition) is 15. The van der Waals surface area contributed by atoms with Gasteiger partial charge in [0, 0.05) is 25.7 Å². The van der Waals surface area contributed by atoms with Gasteiger partial charge in [-0.05, 0) is 25.7 Å². The number of phosphoric ester groups is 2. The van der Waals surface area contributed by atoms with E-state index in [0.717, 1.165) is 83.5 Å². The third-order valence-corrected chi connectivity index (χ3v) is 16.3. The van der Waals surface area contributed by atoms with Crippen LogP contribution in [0.1, 0.15) is 317 Å². The minimum absolute atomic E-state index is 0.0902. The molecule has 3 N–H and O–H groups in total. The normalized spacial score (nSPS) is 14.2. The Kier molecular flexibility index (Phi) is 55.8. The second-order valence-electron chi connectivity index (χ2n) is 22.4. The summed E-state index contributed by atoms with van der Waals surface area (Å²) in [7, 11) is -9.86. The standard InChI is InChI=1S/C62H120O17P2/c1-5-9-13-16-19-22-24-26-28-30-32-34-37-40-44-47-60(65)73-53-58(79-62(67)49-45-41-38-35-33-31-29-27-25-23-20-17-14-10-6-2)55-77-81(70,71)75-51-56(63)50-74-80(68,69)76-54-57(78-61(66)48-42-12-8-4)52-72-59(64)46-43-39-36-21-18-15-11-7-3/h56-58,63H,5-55H2,1-4H3,(H,68,69)(H,70,71)/t56-,57-,58-/m1/s1. The Labute approximate surface area is 492 Å². The van der Waals surface area contributed by atoms with Crippen molar-refractivity contribution in [2.75, 3.05) is 39.6 Å². The summed E-state index contributed by atoms with van der Waals surface area (Å²) in [6, 6.07) is 0. The number of aliphatic hydroxyl groups is 1. The van der Waals surface area contributed by atoms with Gasteiger partial charge in [0.2, 0.25) is 0 Å². The number of aliphatic hydroxyl groups excluding tert-OH is 1. The van der Waals surface area contributed by atoms with Gasteiger partial charge < -0.3 is 33.8 Å². The highest BCUT2D eigenvalue weighted by molar-refractivity contribution is 7.47. The van der Waals surface area contributed by atoms with Crippen LogP contribution in [0.2, 0.25) is 0 Å². The Morgan fingerprint density at radius 3 is 0.753 bits per heavy atom. The topological polar surface area (TPSA) is 237 Å². The van der Waals surface area contributed by atoms with Crippen LogP contribution in [-0.4, -0.2) is 96.7 Å². The molecule has 0 aliphatic carbocycles. The molecular formula is C62H120O17P2. The SMILES string of the molecule is CCCCCCCCCCCCCCCCCC(=O)OC[C@H](COP(=O)(O)OC[C@H](O)COP(=O)(O)OC[C@@H](COC(=O)CCCCCCCCCC)OC(=O)CCCCC)OC(=O)CCCCCCCCCCCCCCCCC. The number of rotatable bonds is 63. The lowest BCUT2D eigenvalue weighted by Gasteiger charge is -2.21. The Morgan fingerprint density at radius 2 is 0.494 bits per heavy atom. The van der Waals surface area contributed by atoms with E-state index in [1.165, 1.54) is 154 Å². The van der Waals surface area contributed by atoms with Crippen LogP contribution in [-0.2, 0) is 65.4 Å². The van der Waals surface area contributed by atoms with Crippen molar-refractivity contribution in [3.8, 4) is 0 Å². The molecule has 480 valence electrons. The molecule has 0 bridgehead atoms. The summed E-state index contributed by atoms with van der Waals surface area (Å²) in [6.45, 7) is 4.67. The minimum Gasteiger partial charge on any atom is -0.462 e. The molecule has 19 heteroatoms. The van der Waals surface area contributed by atoms with Gasteiger partial charge in [-0.3, -0.25) is 37.3 Å². The molecule has 0 rings (SSSR count). The highest BCUT2D eigenvalue weighted by Gasteiger charge is 2.30. The molecule has 0 saturated carbocycles. The molecule has 0 aliphatic rings. The van der Waals surface area contributed by atoms with Crippen molar-refractivity contribution in [2.24, 2.45) is 0 Å². The van der Waals surface area contributed by atoms with Gasteiger partial charge in [0.25, 0.3) is 0 Å². The van der Waals surface area contributed by atoms with E-state index in [1.54, 1.807) is 0 Å². The molecule has 0 saturated heterocycles. The molecule has 0 heterocycles. The zero-order valence-corrected chi connectivity index (χ0v) is 53.5. The number of esters is 4. The number of carbonyl (C=O) groups excluding carboxylic acids is 4. The molecule has 0 aliphatic heterocycles. The molecule has 5 atom stereocenters. The fourth-order valence-corrected chi connectivity index (χ4v) is 10.9. The first-order valence-electron chi connectivity index (χ1n) is 32.8. The van der Waals surface area contributed by atoms with Crippen LogP contribution in [0, 0.1) is 0 Å². The second-order valence-corrected chi connectivity index (χ2v) is 25.4. The maximum Gasteiger partial charge on any atom is 0.472 e. The fraction of sp³-hybridized carbons (Fsp3) is 0.935. The molecule has 0 aromatic heterocycles. The zero-order valence-electron chi connectivity index (χ0n) is 51.7. The molecule has 0 fully saturated rings. The van der Waals surface area contributed by atoms with Crippen molar-refractivity contribution in [1.29, 1.82) is 0 Å². The Hall–Kier alpha value is -1.94. The number of phosphoric acid groups is 2. The van der Waals surface area contributed by atoms with E-state index >= 15 is 0 Å². The first kappa shape index (κ1) is 79.1. The van der Waals surface area contributed by atoms with Crippen LogP contribution >= 0.6 is 15.6 Å². The predicted molar refractivity (Wildman–Crippen MR) is 322 cm³/mol. The number of unbranched alkanes of at least 4 members (excludes halogenated alkanes) is 37. The summed E-state index contributed by atoms with van der Waals surface area (Å²) < 4.78 is 67.5. The molecule has 0 amide bonds. The van der Waals surface area contributed by atoms with Crippen LogP contribution in [0.3, 0.4) is 0 Å². The Balaban J connectivity index is 5.08. The number of carbonyl (C=O) groups is 4. The maximum absolute atomic E-state index is 13.0. The smallest absolute Gasteiger partial charge is 0.462 e. The lowest BCUT2D eigenvalue weighted by atomic mass is 10.0. The van der Waals surface area contributed by atoms with E-state index in [-0.39, 0.29) is 25.7 Å². The van der Waals surface area contributed by atoms with Crippen molar-refractivity contribution >= 4 is 39.5 Å². The molecular weight excluding hydrogens is 1080 g/mol. The van der Waals surface area contributed by atoms with Crippen LogP contribution in [0.4, 0.5) is 0 Å². The fourth-order valence-electron chi connectivity index (χ4n) is 9.28. The van der Waals surface area contributed by atoms with Crippen molar-refractivity contribution in [3.05, 3.63) is 0 Å². The largest absolute Gasteiger partial charge is 0.472 e. The van der Waals surface area contributed by atoms with E-state index in [0.29, 0.717) is 25.7 Å². The van der Waals surface area contributed by atoms with Gasteiger partial charge in [-0.2, -0.15) is 0 Å². The van der Waals surface area contributed by atoms with Crippen molar-refractivity contribution < 1.29 is 80.2 Å². The molecule has 2 unspecified atom stereocenters. The third kappa shape index (κ3) is 56.9. The number of ether oxygens (including phenoxy) is 4. The Morgan fingerprint density at radius 1 is 0.296 bits per heavy atom. The first-order chi connectivity index (χ1) is 39.2. The van der Waals surface area contributed by atoms with Gasteiger partial charge in [0.05, 0.1) is 26.4 Å². The lowest BCUT2D eigenvalue weighted by molar-refractivity contribution is -0.161. The summed E-state index contributed by atoms with van der Waals surface area (Å²) in [5.74, 6) is -2.16. The predicted octanol–water partition coefficient (Wildman–Crippen LogP) is 17.2. The second kappa shape index (κ2) is 57.2. The quantitative estimate of drug-likeness (QED) is 0.0222. The van der Waals surface area contributed by atoms with Crippen LogP contribution < -0.4 is 0 Å². The highest BCUT2D eigenvalue weighted by Crippen LogP contribution is 2.45. The monoisotopic (exact) mass is 1200 g/mol. The maximum atomic E-state index is 13.0. The summed E-state index contributed by atoms with van der Waals surface area (Å²) in [5.41, 5.74) is 0. The third-order valence-electron chi connectivity index (χ3n) is 14.4. The molecule has 17 nitrogen and oxygen atoms in total. The van der Waals surface area contributed by atoms with Gasteiger partial charge in [-0.25, -0.2) is 9.13 Å². The van der Waals surface area contributed by atoms with Gasteiger partial charge in [0.15, 0.2) is 12.2 Å². The van der Waals surface area contributed by atoms with Crippen molar-refractivity contribution in [1.82, 2.24) is 0 Å². The van der Waals surface area contributed by atoms with E-state index < -0.39 is 97.5 Å². The molecule has 0 aromatic rings. The molecule has 0 aromatic carbocycles. The number of hydrogen-bond donors (Lipinski definition) is 3. The Bertz CT molecular complexity index is 1570. The zero-order chi connectivity index (χ0) is 59.8. The van der Waals surface area contributed by atoms with Crippen molar-refractivity contribution in [3.63, 3.8) is 0 Å².